The van der Waals surface area contributed by atoms with E-state index < -0.39 is 0 Å². The number of esters is 1. The first kappa shape index (κ1) is 17.9. The molecule has 0 amide bonds. The first-order chi connectivity index (χ1) is 12.7. The molecule has 5 nitrogen and oxygen atoms in total. The van der Waals surface area contributed by atoms with Crippen LogP contribution in [0.4, 0.5) is 0 Å². The van der Waals surface area contributed by atoms with Crippen LogP contribution in [-0.2, 0) is 17.6 Å². The second-order valence-electron chi connectivity index (χ2n) is 6.19. The Hall–Kier alpha value is -2.92. The van der Waals surface area contributed by atoms with E-state index in [0.29, 0.717) is 18.6 Å². The molecule has 2 heterocycles. The third-order valence-electron chi connectivity index (χ3n) is 4.19. The van der Waals surface area contributed by atoms with Crippen LogP contribution in [-0.4, -0.2) is 28.6 Å². The molecule has 0 fully saturated rings. The maximum absolute atomic E-state index is 12.4. The van der Waals surface area contributed by atoms with Crippen LogP contribution in [0, 0.1) is 0 Å². The molecule has 3 N–H and O–H groups in total. The first-order valence-electron chi connectivity index (χ1n) is 8.76. The largest absolute Gasteiger partial charge is 0.462 e. The van der Waals surface area contributed by atoms with Crippen LogP contribution >= 0.6 is 0 Å². The summed E-state index contributed by atoms with van der Waals surface area (Å²) in [6, 6.07) is 15.6. The monoisotopic (exact) mass is 349 g/mol. The highest BCUT2D eigenvalue weighted by atomic mass is 16.5. The first-order valence-corrected chi connectivity index (χ1v) is 8.76. The molecule has 26 heavy (non-hydrogen) atoms. The van der Waals surface area contributed by atoms with Crippen LogP contribution in [0.25, 0.3) is 11.3 Å². The lowest BCUT2D eigenvalue weighted by Gasteiger charge is -2.12. The van der Waals surface area contributed by atoms with Crippen molar-refractivity contribution in [2.45, 2.75) is 25.8 Å². The number of hydrogen-bond donors (Lipinski definition) is 2. The van der Waals surface area contributed by atoms with Gasteiger partial charge in [-0.15, -0.1) is 0 Å². The molecule has 1 atom stereocenters. The van der Waals surface area contributed by atoms with Gasteiger partial charge in [-0.1, -0.05) is 30.3 Å². The fourth-order valence-corrected chi connectivity index (χ4v) is 2.99. The summed E-state index contributed by atoms with van der Waals surface area (Å²) < 4.78 is 5.21. The predicted octanol–water partition coefficient (Wildman–Crippen LogP) is 3.37. The van der Waals surface area contributed by atoms with Gasteiger partial charge in [0.2, 0.25) is 0 Å². The number of nitrogens with two attached hydrogens (primary N) is 1. The average Bonchev–Trinajstić information content (AvgIpc) is 3.07. The fourth-order valence-electron chi connectivity index (χ4n) is 2.99. The van der Waals surface area contributed by atoms with Gasteiger partial charge in [-0.3, -0.25) is 4.98 Å². The molecule has 0 aliphatic carbocycles. The predicted molar refractivity (Wildman–Crippen MR) is 102 cm³/mol. The van der Waals surface area contributed by atoms with Gasteiger partial charge in [-0.05, 0) is 37.1 Å². The molecule has 1 unspecified atom stereocenters. The van der Waals surface area contributed by atoms with Crippen molar-refractivity contribution in [3.63, 3.8) is 0 Å². The molecule has 1 aromatic carbocycles. The van der Waals surface area contributed by atoms with E-state index in [1.54, 1.807) is 19.3 Å². The number of carbonyl (C=O) groups is 1. The van der Waals surface area contributed by atoms with E-state index >= 15 is 0 Å². The zero-order valence-corrected chi connectivity index (χ0v) is 14.8. The van der Waals surface area contributed by atoms with Crippen LogP contribution in [0.1, 0.15) is 28.5 Å². The van der Waals surface area contributed by atoms with E-state index in [-0.39, 0.29) is 12.0 Å². The zero-order valence-electron chi connectivity index (χ0n) is 14.8. The number of nitrogens with one attached hydrogen (secondary N) is 1. The number of aromatic nitrogens is 2. The van der Waals surface area contributed by atoms with Crippen molar-refractivity contribution in [1.29, 1.82) is 0 Å². The minimum Gasteiger partial charge on any atom is -0.462 e. The molecule has 0 radical (unpaired) electrons. The molecule has 134 valence electrons. The van der Waals surface area contributed by atoms with E-state index in [1.807, 2.05) is 36.4 Å². The highest BCUT2D eigenvalue weighted by Crippen LogP contribution is 2.23. The molecule has 0 saturated carbocycles. The summed E-state index contributed by atoms with van der Waals surface area (Å²) in [6.07, 6.45) is 4.75. The summed E-state index contributed by atoms with van der Waals surface area (Å²) in [5.74, 6) is -0.328. The molecule has 5 heteroatoms. The molecular formula is C21H23N3O2. The second-order valence-corrected chi connectivity index (χ2v) is 6.19. The lowest BCUT2D eigenvalue weighted by Crippen LogP contribution is -2.26. The van der Waals surface area contributed by atoms with Gasteiger partial charge in [0, 0.05) is 41.8 Å². The lowest BCUT2D eigenvalue weighted by atomic mass is 10.0. The molecule has 0 spiro atoms. The van der Waals surface area contributed by atoms with Crippen molar-refractivity contribution in [2.75, 3.05) is 6.61 Å². The zero-order chi connectivity index (χ0) is 18.4. The highest BCUT2D eigenvalue weighted by Gasteiger charge is 2.19. The van der Waals surface area contributed by atoms with Crippen molar-refractivity contribution < 1.29 is 9.53 Å². The van der Waals surface area contributed by atoms with E-state index in [9.17, 15) is 4.79 Å². The molecule has 0 aliphatic heterocycles. The average molecular weight is 349 g/mol. The van der Waals surface area contributed by atoms with Gasteiger partial charge in [-0.25, -0.2) is 4.79 Å². The summed E-state index contributed by atoms with van der Waals surface area (Å²) in [5.41, 5.74) is 10.7. The van der Waals surface area contributed by atoms with Crippen LogP contribution in [0.5, 0.6) is 0 Å². The van der Waals surface area contributed by atoms with Crippen molar-refractivity contribution in [2.24, 2.45) is 5.73 Å². The molecule has 0 bridgehead atoms. The van der Waals surface area contributed by atoms with Crippen LogP contribution in [0.2, 0.25) is 0 Å². The molecule has 3 rings (SSSR count). The number of aromatic amines is 1. The topological polar surface area (TPSA) is 81.0 Å². The minimum absolute atomic E-state index is 0.102. The Morgan fingerprint density at radius 3 is 2.58 bits per heavy atom. The number of pyridine rings is 1. The van der Waals surface area contributed by atoms with Gasteiger partial charge < -0.3 is 15.5 Å². The highest BCUT2D eigenvalue weighted by molar-refractivity contribution is 5.92. The van der Waals surface area contributed by atoms with Crippen LogP contribution in [0.15, 0.2) is 60.9 Å². The maximum atomic E-state index is 12.4. The molecule has 0 aliphatic rings. The van der Waals surface area contributed by atoms with E-state index in [1.165, 1.54) is 5.56 Å². The summed E-state index contributed by atoms with van der Waals surface area (Å²) >= 11 is 0. The third-order valence-corrected chi connectivity index (χ3v) is 4.19. The maximum Gasteiger partial charge on any atom is 0.339 e. The van der Waals surface area contributed by atoms with E-state index in [2.05, 4.69) is 22.1 Å². The number of carbonyl (C=O) groups excluding carboxylic acids is 1. The second kappa shape index (κ2) is 8.45. The van der Waals surface area contributed by atoms with Gasteiger partial charge in [0.15, 0.2) is 0 Å². The van der Waals surface area contributed by atoms with Gasteiger partial charge in [0.1, 0.15) is 0 Å². The fraction of sp³-hybridized carbons (Fsp3) is 0.238. The third kappa shape index (κ3) is 4.37. The normalized spacial score (nSPS) is 11.9. The van der Waals surface area contributed by atoms with Crippen molar-refractivity contribution in [3.05, 3.63) is 77.7 Å². The van der Waals surface area contributed by atoms with Crippen molar-refractivity contribution >= 4 is 5.97 Å². The van der Waals surface area contributed by atoms with Crippen molar-refractivity contribution in [3.8, 4) is 11.3 Å². The molecule has 3 aromatic rings. The summed E-state index contributed by atoms with van der Waals surface area (Å²) in [5, 5.41) is 0. The molecule has 2 aromatic heterocycles. The number of H-pyrrole nitrogens is 1. The quantitative estimate of drug-likeness (QED) is 0.641. The Bertz CT molecular complexity index is 844. The summed E-state index contributed by atoms with van der Waals surface area (Å²) in [6.45, 7) is 2.14. The van der Waals surface area contributed by atoms with Crippen LogP contribution in [0.3, 0.4) is 0 Å². The number of rotatable bonds is 7. The minimum atomic E-state index is -0.328. The summed E-state index contributed by atoms with van der Waals surface area (Å²) in [7, 11) is 0. The Morgan fingerprint density at radius 1 is 1.15 bits per heavy atom. The van der Waals surface area contributed by atoms with Gasteiger partial charge in [0.05, 0.1) is 12.2 Å². The number of benzene rings is 1. The smallest absolute Gasteiger partial charge is 0.339 e. The van der Waals surface area contributed by atoms with Crippen LogP contribution < -0.4 is 5.73 Å². The lowest BCUT2D eigenvalue weighted by molar-refractivity contribution is 0.0525. The Balaban J connectivity index is 1.84. The Kier molecular flexibility index (Phi) is 5.81. The van der Waals surface area contributed by atoms with E-state index in [0.717, 1.165) is 23.4 Å². The SMILES string of the molecule is CCOC(=O)c1cc(-c2ccncc2)[nH]c1CC(N)Cc1ccccc1. The van der Waals surface area contributed by atoms with E-state index in [4.69, 9.17) is 10.5 Å². The number of nitrogens with zero attached hydrogens (tertiary/aromatic N) is 1. The molecular weight excluding hydrogens is 326 g/mol. The number of hydrogen-bond acceptors (Lipinski definition) is 4. The molecule has 0 saturated heterocycles. The van der Waals surface area contributed by atoms with Gasteiger partial charge in [-0.2, -0.15) is 0 Å². The Morgan fingerprint density at radius 2 is 1.88 bits per heavy atom. The van der Waals surface area contributed by atoms with Gasteiger partial charge >= 0.3 is 5.97 Å². The standard InChI is InChI=1S/C21H23N3O2/c1-2-26-21(25)18-14-19(16-8-10-23-11-9-16)24-20(18)13-17(22)12-15-6-4-3-5-7-15/h3-11,14,17,24H,2,12-13,22H2,1H3. The summed E-state index contributed by atoms with van der Waals surface area (Å²) in [4.78, 5) is 19.7. The Labute approximate surface area is 153 Å². The van der Waals surface area contributed by atoms with Gasteiger partial charge in [0.25, 0.3) is 0 Å². The van der Waals surface area contributed by atoms with Crippen molar-refractivity contribution in [1.82, 2.24) is 9.97 Å². The number of ether oxygens (including phenoxy) is 1.